The lowest BCUT2D eigenvalue weighted by Crippen LogP contribution is -2.14. The lowest BCUT2D eigenvalue weighted by Gasteiger charge is -2.03. The van der Waals surface area contributed by atoms with Gasteiger partial charge in [-0.3, -0.25) is 9.89 Å². The zero-order chi connectivity index (χ0) is 14.8. The Labute approximate surface area is 120 Å². The number of H-pyrrole nitrogens is 1. The third kappa shape index (κ3) is 2.49. The molecule has 3 aromatic rings. The molecule has 5 nitrogen and oxygen atoms in total. The summed E-state index contributed by atoms with van der Waals surface area (Å²) < 4.78 is 1.33. The zero-order valence-electron chi connectivity index (χ0n) is 11.0. The van der Waals surface area contributed by atoms with E-state index in [9.17, 15) is 9.59 Å². The number of rotatable bonds is 3. The minimum atomic E-state index is -1.03. The fourth-order valence-electron chi connectivity index (χ4n) is 2.13. The molecule has 3 rings (SSSR count). The molecule has 0 aliphatic carbocycles. The molecule has 0 radical (unpaired) electrons. The molecule has 2 N–H and O–H groups in total. The van der Waals surface area contributed by atoms with Crippen LogP contribution in [0.15, 0.2) is 65.5 Å². The van der Waals surface area contributed by atoms with Gasteiger partial charge in [0.1, 0.15) is 0 Å². The van der Waals surface area contributed by atoms with Crippen LogP contribution in [0.5, 0.6) is 0 Å². The van der Waals surface area contributed by atoms with Crippen molar-refractivity contribution in [3.63, 3.8) is 0 Å². The van der Waals surface area contributed by atoms with E-state index in [4.69, 9.17) is 5.11 Å². The smallest absolute Gasteiger partial charge is 0.335 e. The van der Waals surface area contributed by atoms with Crippen molar-refractivity contribution in [3.05, 3.63) is 76.6 Å². The van der Waals surface area contributed by atoms with E-state index >= 15 is 0 Å². The van der Waals surface area contributed by atoms with Gasteiger partial charge in [0, 0.05) is 6.07 Å². The highest BCUT2D eigenvalue weighted by atomic mass is 16.4. The maximum atomic E-state index is 12.1. The normalized spacial score (nSPS) is 10.5. The maximum absolute atomic E-state index is 12.1. The minimum Gasteiger partial charge on any atom is -0.478 e. The first-order chi connectivity index (χ1) is 10.1. The summed E-state index contributed by atoms with van der Waals surface area (Å²) in [4.78, 5) is 23.1. The van der Waals surface area contributed by atoms with Gasteiger partial charge in [-0.1, -0.05) is 36.4 Å². The van der Waals surface area contributed by atoms with E-state index in [2.05, 4.69) is 5.10 Å². The summed E-state index contributed by atoms with van der Waals surface area (Å²) in [5.41, 5.74) is 1.96. The molecule has 21 heavy (non-hydrogen) atoms. The number of aromatic carboxylic acids is 1. The SMILES string of the molecule is O=C(O)c1cccc(-n2[nH]c(-c3ccccc3)cc2=O)c1. The van der Waals surface area contributed by atoms with Crippen LogP contribution in [-0.4, -0.2) is 20.9 Å². The van der Waals surface area contributed by atoms with Crippen LogP contribution in [-0.2, 0) is 0 Å². The quantitative estimate of drug-likeness (QED) is 0.774. The van der Waals surface area contributed by atoms with Crippen molar-refractivity contribution in [2.24, 2.45) is 0 Å². The van der Waals surface area contributed by atoms with Gasteiger partial charge in [-0.05, 0) is 23.8 Å². The Morgan fingerprint density at radius 2 is 1.76 bits per heavy atom. The van der Waals surface area contributed by atoms with Crippen molar-refractivity contribution in [3.8, 4) is 16.9 Å². The Kier molecular flexibility index (Phi) is 3.16. The number of carboxylic acids is 1. The van der Waals surface area contributed by atoms with E-state index in [0.29, 0.717) is 11.4 Å². The van der Waals surface area contributed by atoms with Gasteiger partial charge in [0.15, 0.2) is 0 Å². The topological polar surface area (TPSA) is 75.1 Å². The van der Waals surface area contributed by atoms with Crippen LogP contribution in [0.3, 0.4) is 0 Å². The summed E-state index contributed by atoms with van der Waals surface area (Å²) in [6.07, 6.45) is 0. The summed E-state index contributed by atoms with van der Waals surface area (Å²) in [5.74, 6) is -1.03. The fourth-order valence-corrected chi connectivity index (χ4v) is 2.13. The van der Waals surface area contributed by atoms with Crippen LogP contribution in [0.4, 0.5) is 0 Å². The van der Waals surface area contributed by atoms with Gasteiger partial charge >= 0.3 is 5.97 Å². The summed E-state index contributed by atoms with van der Waals surface area (Å²) in [5, 5.41) is 12.0. The van der Waals surface area contributed by atoms with Crippen molar-refractivity contribution >= 4 is 5.97 Å². The summed E-state index contributed by atoms with van der Waals surface area (Å²) in [6, 6.07) is 17.2. The Balaban J connectivity index is 2.08. The van der Waals surface area contributed by atoms with Crippen LogP contribution < -0.4 is 5.56 Å². The Morgan fingerprint density at radius 1 is 1.00 bits per heavy atom. The van der Waals surface area contributed by atoms with Crippen LogP contribution in [0.2, 0.25) is 0 Å². The average molecular weight is 280 g/mol. The van der Waals surface area contributed by atoms with Gasteiger partial charge in [0.2, 0.25) is 0 Å². The predicted octanol–water partition coefficient (Wildman–Crippen LogP) is 2.53. The number of aromatic amines is 1. The van der Waals surface area contributed by atoms with E-state index in [1.807, 2.05) is 30.3 Å². The minimum absolute atomic E-state index is 0.135. The highest BCUT2D eigenvalue weighted by Crippen LogP contribution is 2.16. The van der Waals surface area contributed by atoms with Crippen molar-refractivity contribution in [2.45, 2.75) is 0 Å². The molecule has 0 bridgehead atoms. The molecule has 0 unspecified atom stereocenters. The zero-order valence-corrected chi connectivity index (χ0v) is 11.0. The number of hydrogen-bond donors (Lipinski definition) is 2. The van der Waals surface area contributed by atoms with Crippen LogP contribution in [0.25, 0.3) is 16.9 Å². The molecule has 5 heteroatoms. The van der Waals surface area contributed by atoms with Gasteiger partial charge in [0.05, 0.1) is 16.9 Å². The molecule has 0 aliphatic rings. The molecular weight excluding hydrogens is 268 g/mol. The Morgan fingerprint density at radius 3 is 2.48 bits per heavy atom. The van der Waals surface area contributed by atoms with Gasteiger partial charge in [-0.2, -0.15) is 0 Å². The van der Waals surface area contributed by atoms with Crippen LogP contribution >= 0.6 is 0 Å². The molecule has 2 aromatic carbocycles. The molecule has 104 valence electrons. The van der Waals surface area contributed by atoms with E-state index in [-0.39, 0.29) is 11.1 Å². The van der Waals surface area contributed by atoms with E-state index in [1.54, 1.807) is 12.1 Å². The Bertz CT molecular complexity index is 847. The monoisotopic (exact) mass is 280 g/mol. The number of nitrogens with zero attached hydrogens (tertiary/aromatic N) is 1. The van der Waals surface area contributed by atoms with Crippen LogP contribution in [0.1, 0.15) is 10.4 Å². The second-order valence-electron chi connectivity index (χ2n) is 4.56. The van der Waals surface area contributed by atoms with E-state index in [1.165, 1.54) is 22.9 Å². The van der Waals surface area contributed by atoms with Crippen molar-refractivity contribution < 1.29 is 9.90 Å². The standard InChI is InChI=1S/C16H12N2O3/c19-15-10-14(11-5-2-1-3-6-11)17-18(15)13-8-4-7-12(9-13)16(20)21/h1-10,17H,(H,20,21). The molecule has 0 aliphatic heterocycles. The molecule has 0 saturated heterocycles. The lowest BCUT2D eigenvalue weighted by atomic mass is 10.2. The molecular formula is C16H12N2O3. The Hall–Kier alpha value is -3.08. The second kappa shape index (κ2) is 5.13. The van der Waals surface area contributed by atoms with Crippen molar-refractivity contribution in [1.82, 2.24) is 9.78 Å². The van der Waals surface area contributed by atoms with E-state index in [0.717, 1.165) is 5.56 Å². The van der Waals surface area contributed by atoms with Crippen LogP contribution in [0, 0.1) is 0 Å². The predicted molar refractivity (Wildman–Crippen MR) is 78.8 cm³/mol. The number of nitrogens with one attached hydrogen (secondary N) is 1. The van der Waals surface area contributed by atoms with Crippen molar-refractivity contribution in [1.29, 1.82) is 0 Å². The molecule has 0 atom stereocenters. The summed E-state index contributed by atoms with van der Waals surface area (Å²) >= 11 is 0. The highest BCUT2D eigenvalue weighted by Gasteiger charge is 2.09. The van der Waals surface area contributed by atoms with E-state index < -0.39 is 5.97 Å². The molecule has 1 aromatic heterocycles. The summed E-state index contributed by atoms with van der Waals surface area (Å²) in [6.45, 7) is 0. The number of carboxylic acid groups (broad SMARTS) is 1. The average Bonchev–Trinajstić information content (AvgIpc) is 2.90. The molecule has 1 heterocycles. The largest absolute Gasteiger partial charge is 0.478 e. The van der Waals surface area contributed by atoms with Gasteiger partial charge in [-0.25, -0.2) is 9.48 Å². The number of carbonyl (C=O) groups is 1. The maximum Gasteiger partial charge on any atom is 0.335 e. The molecule has 0 spiro atoms. The number of aromatic nitrogens is 2. The van der Waals surface area contributed by atoms with Gasteiger partial charge in [0.25, 0.3) is 5.56 Å². The third-order valence-corrected chi connectivity index (χ3v) is 3.16. The third-order valence-electron chi connectivity index (χ3n) is 3.16. The number of benzene rings is 2. The van der Waals surface area contributed by atoms with Crippen molar-refractivity contribution in [2.75, 3.05) is 0 Å². The molecule has 0 fully saturated rings. The second-order valence-corrected chi connectivity index (χ2v) is 4.56. The summed E-state index contributed by atoms with van der Waals surface area (Å²) in [7, 11) is 0. The molecule has 0 saturated carbocycles. The molecule has 0 amide bonds. The first-order valence-corrected chi connectivity index (χ1v) is 6.36. The first kappa shape index (κ1) is 12.9. The fraction of sp³-hybridized carbons (Fsp3) is 0. The lowest BCUT2D eigenvalue weighted by molar-refractivity contribution is 0.0697. The number of hydrogen-bond acceptors (Lipinski definition) is 2. The first-order valence-electron chi connectivity index (χ1n) is 6.36. The van der Waals surface area contributed by atoms with Gasteiger partial charge in [-0.15, -0.1) is 0 Å². The highest BCUT2D eigenvalue weighted by molar-refractivity contribution is 5.88. The van der Waals surface area contributed by atoms with Gasteiger partial charge < -0.3 is 5.11 Å².